The van der Waals surface area contributed by atoms with Crippen LogP contribution in [0.5, 0.6) is 0 Å². The van der Waals surface area contributed by atoms with Crippen LogP contribution in [0.4, 0.5) is 5.69 Å². The van der Waals surface area contributed by atoms with Gasteiger partial charge in [-0.25, -0.2) is 0 Å². The standard InChI is InChI=1S/C14H20N2O2/c1-18-14(8-5-9-14)11-15-10-13(17)16-12-6-3-2-4-7-12/h2-4,6-7,15H,5,8-11H2,1H3,(H,16,17). The zero-order valence-corrected chi connectivity index (χ0v) is 10.7. The third-order valence-electron chi connectivity index (χ3n) is 3.49. The van der Waals surface area contributed by atoms with Crippen LogP contribution in [0.1, 0.15) is 19.3 Å². The van der Waals surface area contributed by atoms with E-state index in [4.69, 9.17) is 4.74 Å². The molecule has 1 aromatic rings. The van der Waals surface area contributed by atoms with E-state index in [1.807, 2.05) is 30.3 Å². The van der Waals surface area contributed by atoms with Crippen LogP contribution in [0, 0.1) is 0 Å². The van der Waals surface area contributed by atoms with E-state index in [1.54, 1.807) is 7.11 Å². The fourth-order valence-electron chi connectivity index (χ4n) is 2.15. The fraction of sp³-hybridized carbons (Fsp3) is 0.500. The Labute approximate surface area is 108 Å². The Bertz CT molecular complexity index is 383. The Morgan fingerprint density at radius 3 is 2.61 bits per heavy atom. The topological polar surface area (TPSA) is 50.4 Å². The molecule has 0 bridgehead atoms. The molecule has 1 saturated carbocycles. The van der Waals surface area contributed by atoms with Crippen LogP contribution in [0.3, 0.4) is 0 Å². The first-order valence-corrected chi connectivity index (χ1v) is 6.35. The maximum absolute atomic E-state index is 11.7. The molecule has 1 aromatic carbocycles. The lowest BCUT2D eigenvalue weighted by atomic mass is 9.80. The summed E-state index contributed by atoms with van der Waals surface area (Å²) in [4.78, 5) is 11.7. The minimum atomic E-state index is -0.0347. The molecule has 1 aliphatic carbocycles. The summed E-state index contributed by atoms with van der Waals surface area (Å²) in [5.41, 5.74) is 0.793. The number of rotatable bonds is 6. The summed E-state index contributed by atoms with van der Waals surface area (Å²) >= 11 is 0. The Kier molecular flexibility index (Phi) is 4.33. The predicted octanol–water partition coefficient (Wildman–Crippen LogP) is 1.78. The molecular formula is C14H20N2O2. The van der Waals surface area contributed by atoms with E-state index >= 15 is 0 Å². The van der Waals surface area contributed by atoms with Crippen LogP contribution in [0.25, 0.3) is 0 Å². The first-order valence-electron chi connectivity index (χ1n) is 6.35. The third kappa shape index (κ3) is 3.31. The van der Waals surface area contributed by atoms with E-state index in [-0.39, 0.29) is 11.5 Å². The van der Waals surface area contributed by atoms with Crippen LogP contribution in [0.15, 0.2) is 30.3 Å². The lowest BCUT2D eigenvalue weighted by Crippen LogP contribution is -2.49. The monoisotopic (exact) mass is 248 g/mol. The lowest BCUT2D eigenvalue weighted by Gasteiger charge is -2.40. The number of amides is 1. The zero-order chi connectivity index (χ0) is 12.8. The van der Waals surface area contributed by atoms with E-state index in [1.165, 1.54) is 6.42 Å². The van der Waals surface area contributed by atoms with Gasteiger partial charge in [0.2, 0.25) is 5.91 Å². The van der Waals surface area contributed by atoms with Crippen molar-refractivity contribution in [3.8, 4) is 0 Å². The molecule has 1 fully saturated rings. The minimum absolute atomic E-state index is 0.0215. The fourth-order valence-corrected chi connectivity index (χ4v) is 2.15. The summed E-state index contributed by atoms with van der Waals surface area (Å²) in [6, 6.07) is 9.47. The van der Waals surface area contributed by atoms with Crippen molar-refractivity contribution in [2.24, 2.45) is 0 Å². The van der Waals surface area contributed by atoms with Crippen LogP contribution in [-0.2, 0) is 9.53 Å². The molecule has 0 heterocycles. The molecule has 1 aliphatic rings. The maximum Gasteiger partial charge on any atom is 0.238 e. The molecule has 4 nitrogen and oxygen atoms in total. The number of hydrogen-bond acceptors (Lipinski definition) is 3. The van der Waals surface area contributed by atoms with E-state index in [0.717, 1.165) is 25.1 Å². The highest BCUT2D eigenvalue weighted by Crippen LogP contribution is 2.34. The van der Waals surface area contributed by atoms with Crippen LogP contribution < -0.4 is 10.6 Å². The number of carbonyl (C=O) groups excluding carboxylic acids is 1. The highest BCUT2D eigenvalue weighted by molar-refractivity contribution is 5.92. The molecule has 98 valence electrons. The van der Waals surface area contributed by atoms with Gasteiger partial charge in [-0.3, -0.25) is 4.79 Å². The van der Waals surface area contributed by atoms with Gasteiger partial charge in [-0.05, 0) is 31.4 Å². The Morgan fingerprint density at radius 2 is 2.06 bits per heavy atom. The zero-order valence-electron chi connectivity index (χ0n) is 10.7. The SMILES string of the molecule is COC1(CNCC(=O)Nc2ccccc2)CCC1. The molecule has 18 heavy (non-hydrogen) atoms. The molecule has 0 aromatic heterocycles. The van der Waals surface area contributed by atoms with Crippen molar-refractivity contribution < 1.29 is 9.53 Å². The van der Waals surface area contributed by atoms with E-state index in [2.05, 4.69) is 10.6 Å². The van der Waals surface area contributed by atoms with Gasteiger partial charge >= 0.3 is 0 Å². The second-order valence-corrected chi connectivity index (χ2v) is 4.76. The smallest absolute Gasteiger partial charge is 0.238 e. The summed E-state index contributed by atoms with van der Waals surface area (Å²) in [5, 5.41) is 6.00. The number of ether oxygens (including phenoxy) is 1. The van der Waals surface area contributed by atoms with E-state index in [0.29, 0.717) is 6.54 Å². The van der Waals surface area contributed by atoms with Crippen molar-refractivity contribution in [2.75, 3.05) is 25.5 Å². The van der Waals surface area contributed by atoms with Gasteiger partial charge in [0, 0.05) is 19.3 Å². The average Bonchev–Trinajstić information content (AvgIpc) is 2.34. The number of methoxy groups -OCH3 is 1. The van der Waals surface area contributed by atoms with Crippen LogP contribution in [0.2, 0.25) is 0 Å². The summed E-state index contributed by atoms with van der Waals surface area (Å²) in [5.74, 6) is -0.0215. The van der Waals surface area contributed by atoms with Gasteiger partial charge in [0.15, 0.2) is 0 Å². The number of anilines is 1. The number of nitrogens with one attached hydrogen (secondary N) is 2. The van der Waals surface area contributed by atoms with Crippen LogP contribution in [-0.4, -0.2) is 31.7 Å². The number of para-hydroxylation sites is 1. The van der Waals surface area contributed by atoms with Crippen molar-refractivity contribution in [3.63, 3.8) is 0 Å². The molecule has 4 heteroatoms. The molecule has 0 saturated heterocycles. The molecule has 0 spiro atoms. The van der Waals surface area contributed by atoms with Gasteiger partial charge in [0.05, 0.1) is 12.1 Å². The normalized spacial score (nSPS) is 16.9. The third-order valence-corrected chi connectivity index (χ3v) is 3.49. The Hall–Kier alpha value is -1.39. The molecular weight excluding hydrogens is 228 g/mol. The van der Waals surface area contributed by atoms with Gasteiger partial charge in [0.25, 0.3) is 0 Å². The number of carbonyl (C=O) groups is 1. The maximum atomic E-state index is 11.7. The van der Waals surface area contributed by atoms with Crippen LogP contribution >= 0.6 is 0 Å². The lowest BCUT2D eigenvalue weighted by molar-refractivity contribution is -0.116. The molecule has 2 N–H and O–H groups in total. The predicted molar refractivity (Wildman–Crippen MR) is 71.5 cm³/mol. The second-order valence-electron chi connectivity index (χ2n) is 4.76. The van der Waals surface area contributed by atoms with Crippen molar-refractivity contribution in [2.45, 2.75) is 24.9 Å². The molecule has 0 unspecified atom stereocenters. The largest absolute Gasteiger partial charge is 0.377 e. The molecule has 1 amide bonds. The number of benzene rings is 1. The van der Waals surface area contributed by atoms with Gasteiger partial charge in [0.1, 0.15) is 0 Å². The van der Waals surface area contributed by atoms with Crippen molar-refractivity contribution in [1.29, 1.82) is 0 Å². The summed E-state index contributed by atoms with van der Waals surface area (Å²) in [6.45, 7) is 1.06. The van der Waals surface area contributed by atoms with E-state index in [9.17, 15) is 4.79 Å². The van der Waals surface area contributed by atoms with Gasteiger partial charge in [-0.2, -0.15) is 0 Å². The molecule has 2 rings (SSSR count). The van der Waals surface area contributed by atoms with Gasteiger partial charge < -0.3 is 15.4 Å². The molecule has 0 atom stereocenters. The van der Waals surface area contributed by atoms with E-state index < -0.39 is 0 Å². The molecule has 0 radical (unpaired) electrons. The Balaban J connectivity index is 1.69. The van der Waals surface area contributed by atoms with Gasteiger partial charge in [-0.1, -0.05) is 18.2 Å². The summed E-state index contributed by atoms with van der Waals surface area (Å²) in [6.07, 6.45) is 3.37. The number of hydrogen-bond donors (Lipinski definition) is 2. The first-order chi connectivity index (χ1) is 8.74. The van der Waals surface area contributed by atoms with Gasteiger partial charge in [-0.15, -0.1) is 0 Å². The second kappa shape index (κ2) is 5.98. The Morgan fingerprint density at radius 1 is 1.33 bits per heavy atom. The summed E-state index contributed by atoms with van der Waals surface area (Å²) < 4.78 is 5.48. The quantitative estimate of drug-likeness (QED) is 0.807. The highest BCUT2D eigenvalue weighted by Gasteiger charge is 2.36. The van der Waals surface area contributed by atoms with Crippen molar-refractivity contribution >= 4 is 11.6 Å². The first kappa shape index (κ1) is 13.1. The average molecular weight is 248 g/mol. The minimum Gasteiger partial charge on any atom is -0.377 e. The summed E-state index contributed by atoms with van der Waals surface area (Å²) in [7, 11) is 1.74. The molecule has 0 aliphatic heterocycles. The van der Waals surface area contributed by atoms with Crippen molar-refractivity contribution in [3.05, 3.63) is 30.3 Å². The highest BCUT2D eigenvalue weighted by atomic mass is 16.5. The van der Waals surface area contributed by atoms with Crippen molar-refractivity contribution in [1.82, 2.24) is 5.32 Å².